The highest BCUT2D eigenvalue weighted by atomic mass is 19.1. The maximum absolute atomic E-state index is 13.2. The summed E-state index contributed by atoms with van der Waals surface area (Å²) in [5, 5.41) is 2.92. The number of amides is 2. The van der Waals surface area contributed by atoms with Crippen molar-refractivity contribution in [1.29, 1.82) is 0 Å². The molecule has 156 valence electrons. The SMILES string of the molecule is CC(C)CCNC(=O)[C@H](C)N(Cc1ccc(F)cc1)C(=O)CCc1ccccc1. The minimum absolute atomic E-state index is 0.0929. The molecule has 2 aromatic rings. The molecule has 29 heavy (non-hydrogen) atoms. The molecule has 0 aliphatic heterocycles. The third-order valence-electron chi connectivity index (χ3n) is 4.92. The van der Waals surface area contributed by atoms with Gasteiger partial charge in [0.15, 0.2) is 0 Å². The van der Waals surface area contributed by atoms with Crippen LogP contribution in [-0.4, -0.2) is 29.3 Å². The van der Waals surface area contributed by atoms with Gasteiger partial charge >= 0.3 is 0 Å². The maximum Gasteiger partial charge on any atom is 0.242 e. The monoisotopic (exact) mass is 398 g/mol. The van der Waals surface area contributed by atoms with E-state index in [1.54, 1.807) is 24.0 Å². The van der Waals surface area contributed by atoms with Crippen LogP contribution in [0.4, 0.5) is 4.39 Å². The molecule has 2 amide bonds. The topological polar surface area (TPSA) is 49.4 Å². The molecule has 0 aliphatic carbocycles. The zero-order valence-corrected chi connectivity index (χ0v) is 17.5. The van der Waals surface area contributed by atoms with Gasteiger partial charge in [0.1, 0.15) is 11.9 Å². The Hall–Kier alpha value is -2.69. The van der Waals surface area contributed by atoms with Crippen molar-refractivity contribution in [2.24, 2.45) is 5.92 Å². The van der Waals surface area contributed by atoms with Crippen molar-refractivity contribution in [1.82, 2.24) is 10.2 Å². The zero-order valence-electron chi connectivity index (χ0n) is 17.5. The lowest BCUT2D eigenvalue weighted by molar-refractivity contribution is -0.140. The van der Waals surface area contributed by atoms with Crippen molar-refractivity contribution in [3.05, 3.63) is 71.5 Å². The molecule has 0 radical (unpaired) electrons. The summed E-state index contributed by atoms with van der Waals surface area (Å²) in [6.07, 6.45) is 1.81. The quantitative estimate of drug-likeness (QED) is 0.647. The highest BCUT2D eigenvalue weighted by Crippen LogP contribution is 2.14. The van der Waals surface area contributed by atoms with E-state index in [2.05, 4.69) is 19.2 Å². The first-order chi connectivity index (χ1) is 13.9. The van der Waals surface area contributed by atoms with Crippen LogP contribution in [0.1, 0.15) is 44.7 Å². The molecule has 0 bridgehead atoms. The Kier molecular flexibility index (Phi) is 8.84. The Balaban J connectivity index is 2.07. The van der Waals surface area contributed by atoms with Gasteiger partial charge in [0.2, 0.25) is 11.8 Å². The van der Waals surface area contributed by atoms with E-state index < -0.39 is 6.04 Å². The van der Waals surface area contributed by atoms with Crippen LogP contribution in [0, 0.1) is 11.7 Å². The molecule has 2 rings (SSSR count). The summed E-state index contributed by atoms with van der Waals surface area (Å²) in [4.78, 5) is 27.2. The van der Waals surface area contributed by atoms with Gasteiger partial charge in [-0.1, -0.05) is 56.3 Å². The fraction of sp³-hybridized carbons (Fsp3) is 0.417. The van der Waals surface area contributed by atoms with Crippen LogP contribution in [0.25, 0.3) is 0 Å². The summed E-state index contributed by atoms with van der Waals surface area (Å²) in [6, 6.07) is 15.2. The van der Waals surface area contributed by atoms with Crippen LogP contribution < -0.4 is 5.32 Å². The van der Waals surface area contributed by atoms with Crippen molar-refractivity contribution in [2.75, 3.05) is 6.54 Å². The third kappa shape index (κ3) is 7.68. The molecule has 0 saturated carbocycles. The molecular weight excluding hydrogens is 367 g/mol. The molecule has 0 spiro atoms. The Morgan fingerprint density at radius 1 is 0.966 bits per heavy atom. The van der Waals surface area contributed by atoms with Crippen molar-refractivity contribution in [3.8, 4) is 0 Å². The first kappa shape index (κ1) is 22.6. The number of aryl methyl sites for hydroxylation is 1. The average molecular weight is 399 g/mol. The Bertz CT molecular complexity index is 775. The summed E-state index contributed by atoms with van der Waals surface area (Å²) < 4.78 is 13.2. The van der Waals surface area contributed by atoms with Crippen LogP contribution in [0.2, 0.25) is 0 Å². The molecule has 5 heteroatoms. The van der Waals surface area contributed by atoms with Crippen molar-refractivity contribution < 1.29 is 14.0 Å². The number of carbonyl (C=O) groups is 2. The summed E-state index contributed by atoms with van der Waals surface area (Å²) in [5.41, 5.74) is 1.87. The van der Waals surface area contributed by atoms with Gasteiger partial charge < -0.3 is 10.2 Å². The minimum Gasteiger partial charge on any atom is -0.354 e. The normalized spacial score (nSPS) is 11.9. The van der Waals surface area contributed by atoms with E-state index in [1.807, 2.05) is 30.3 Å². The van der Waals surface area contributed by atoms with E-state index in [0.717, 1.165) is 17.5 Å². The van der Waals surface area contributed by atoms with Crippen LogP contribution in [0.3, 0.4) is 0 Å². The summed E-state index contributed by atoms with van der Waals surface area (Å²) in [6.45, 7) is 6.80. The Morgan fingerprint density at radius 3 is 2.24 bits per heavy atom. The third-order valence-corrected chi connectivity index (χ3v) is 4.92. The summed E-state index contributed by atoms with van der Waals surface area (Å²) in [7, 11) is 0. The molecule has 0 saturated heterocycles. The van der Waals surface area contributed by atoms with Gasteiger partial charge in [-0.15, -0.1) is 0 Å². The highest BCUT2D eigenvalue weighted by molar-refractivity contribution is 5.87. The Morgan fingerprint density at radius 2 is 1.62 bits per heavy atom. The largest absolute Gasteiger partial charge is 0.354 e. The number of nitrogens with one attached hydrogen (secondary N) is 1. The summed E-state index contributed by atoms with van der Waals surface area (Å²) in [5.74, 6) is -0.0888. The van der Waals surface area contributed by atoms with Gasteiger partial charge in [-0.3, -0.25) is 9.59 Å². The molecule has 0 unspecified atom stereocenters. The predicted molar refractivity (Wildman–Crippen MR) is 114 cm³/mol. The van der Waals surface area contributed by atoms with Gasteiger partial charge in [0.25, 0.3) is 0 Å². The first-order valence-electron chi connectivity index (χ1n) is 10.2. The average Bonchev–Trinajstić information content (AvgIpc) is 2.71. The van der Waals surface area contributed by atoms with Crippen molar-refractivity contribution in [2.45, 2.75) is 52.6 Å². The number of hydrogen-bond acceptors (Lipinski definition) is 2. The number of nitrogens with zero attached hydrogens (tertiary/aromatic N) is 1. The second-order valence-electron chi connectivity index (χ2n) is 7.78. The van der Waals surface area contributed by atoms with E-state index >= 15 is 0 Å². The van der Waals surface area contributed by atoms with E-state index in [0.29, 0.717) is 25.3 Å². The fourth-order valence-corrected chi connectivity index (χ4v) is 3.04. The Labute approximate surface area is 173 Å². The minimum atomic E-state index is -0.601. The van der Waals surface area contributed by atoms with Crippen molar-refractivity contribution >= 4 is 11.8 Å². The van der Waals surface area contributed by atoms with Crippen molar-refractivity contribution in [3.63, 3.8) is 0 Å². The van der Waals surface area contributed by atoms with Gasteiger partial charge in [-0.05, 0) is 48.9 Å². The molecular formula is C24H31FN2O2. The van der Waals surface area contributed by atoms with Gasteiger partial charge in [-0.25, -0.2) is 4.39 Å². The fourth-order valence-electron chi connectivity index (χ4n) is 3.04. The van der Waals surface area contributed by atoms with Gasteiger partial charge in [0.05, 0.1) is 0 Å². The van der Waals surface area contributed by atoms with Gasteiger partial charge in [-0.2, -0.15) is 0 Å². The molecule has 2 aromatic carbocycles. The zero-order chi connectivity index (χ0) is 21.2. The number of halogens is 1. The van der Waals surface area contributed by atoms with E-state index in [4.69, 9.17) is 0 Å². The lowest BCUT2D eigenvalue weighted by Crippen LogP contribution is -2.48. The van der Waals surface area contributed by atoms with Crippen LogP contribution in [-0.2, 0) is 22.6 Å². The number of carbonyl (C=O) groups excluding carboxylic acids is 2. The maximum atomic E-state index is 13.2. The predicted octanol–water partition coefficient (Wildman–Crippen LogP) is 4.34. The van der Waals surface area contributed by atoms with E-state index in [-0.39, 0.29) is 24.2 Å². The van der Waals surface area contributed by atoms with Crippen LogP contribution >= 0.6 is 0 Å². The molecule has 0 aromatic heterocycles. The van der Waals surface area contributed by atoms with E-state index in [9.17, 15) is 14.0 Å². The first-order valence-corrected chi connectivity index (χ1v) is 10.2. The molecule has 1 N–H and O–H groups in total. The molecule has 0 heterocycles. The lowest BCUT2D eigenvalue weighted by atomic mass is 10.1. The smallest absolute Gasteiger partial charge is 0.242 e. The summed E-state index contributed by atoms with van der Waals surface area (Å²) >= 11 is 0. The standard InChI is InChI=1S/C24H31FN2O2/c1-18(2)15-16-26-24(29)19(3)27(17-21-9-12-22(25)13-10-21)23(28)14-11-20-7-5-4-6-8-20/h4-10,12-13,18-19H,11,14-17H2,1-3H3,(H,26,29)/t19-/m0/s1. The second kappa shape index (κ2) is 11.3. The van der Waals surface area contributed by atoms with E-state index in [1.165, 1.54) is 12.1 Å². The van der Waals surface area contributed by atoms with Crippen LogP contribution in [0.5, 0.6) is 0 Å². The lowest BCUT2D eigenvalue weighted by Gasteiger charge is -2.29. The second-order valence-corrected chi connectivity index (χ2v) is 7.78. The number of rotatable bonds is 10. The van der Waals surface area contributed by atoms with Crippen LogP contribution in [0.15, 0.2) is 54.6 Å². The molecule has 0 aliphatic rings. The molecule has 1 atom stereocenters. The highest BCUT2D eigenvalue weighted by Gasteiger charge is 2.25. The number of benzene rings is 2. The molecule has 4 nitrogen and oxygen atoms in total. The molecule has 0 fully saturated rings. The van der Waals surface area contributed by atoms with Gasteiger partial charge in [0, 0.05) is 19.5 Å². The number of hydrogen-bond donors (Lipinski definition) is 1.